The van der Waals surface area contributed by atoms with Crippen LogP contribution in [0.4, 0.5) is 5.69 Å². The molecule has 0 spiro atoms. The standard InChI is InChI=1S/C18H23N3O2S/c1-4-13-21(14-7-12-19)24(22,23)18-11-6-8-15-16(18)9-5-10-17(15)20(2)3/h5-6,8-11H,4,7,13-14H2,1-3H3. The predicted molar refractivity (Wildman–Crippen MR) is 97.6 cm³/mol. The Morgan fingerprint density at radius 3 is 2.33 bits per heavy atom. The van der Waals surface area contributed by atoms with Crippen LogP contribution in [0.3, 0.4) is 0 Å². The molecule has 0 aromatic heterocycles. The van der Waals surface area contributed by atoms with Gasteiger partial charge in [0.2, 0.25) is 10.0 Å². The van der Waals surface area contributed by atoms with Gasteiger partial charge in [-0.05, 0) is 18.6 Å². The summed E-state index contributed by atoms with van der Waals surface area (Å²) in [6.45, 7) is 2.56. The van der Waals surface area contributed by atoms with E-state index in [1.165, 1.54) is 4.31 Å². The molecule has 0 saturated carbocycles. The zero-order chi connectivity index (χ0) is 17.7. The van der Waals surface area contributed by atoms with E-state index < -0.39 is 10.0 Å². The molecule has 0 radical (unpaired) electrons. The molecule has 0 saturated heterocycles. The summed E-state index contributed by atoms with van der Waals surface area (Å²) in [5.74, 6) is 0. The zero-order valence-corrected chi connectivity index (χ0v) is 15.2. The number of fused-ring (bicyclic) bond motifs is 1. The smallest absolute Gasteiger partial charge is 0.243 e. The SMILES string of the molecule is CCCN(CCC#N)S(=O)(=O)c1cccc2c(N(C)C)cccc12. The highest BCUT2D eigenvalue weighted by atomic mass is 32.2. The Hall–Kier alpha value is -2.10. The average molecular weight is 345 g/mol. The lowest BCUT2D eigenvalue weighted by Crippen LogP contribution is -2.32. The Kier molecular flexibility index (Phi) is 5.81. The molecule has 0 fully saturated rings. The summed E-state index contributed by atoms with van der Waals surface area (Å²) in [6.07, 6.45) is 0.894. The summed E-state index contributed by atoms with van der Waals surface area (Å²) in [5.41, 5.74) is 0.976. The topological polar surface area (TPSA) is 64.4 Å². The minimum atomic E-state index is -3.64. The highest BCUT2D eigenvalue weighted by Gasteiger charge is 2.25. The lowest BCUT2D eigenvalue weighted by Gasteiger charge is -2.22. The van der Waals surface area contributed by atoms with Crippen LogP contribution in [0, 0.1) is 11.3 Å². The van der Waals surface area contributed by atoms with Gasteiger partial charge in [0, 0.05) is 50.1 Å². The fourth-order valence-electron chi connectivity index (χ4n) is 2.79. The molecule has 2 aromatic carbocycles. The molecule has 0 amide bonds. The van der Waals surface area contributed by atoms with Crippen LogP contribution in [0.15, 0.2) is 41.3 Å². The van der Waals surface area contributed by atoms with Crippen LogP contribution in [0.5, 0.6) is 0 Å². The molecule has 5 nitrogen and oxygen atoms in total. The van der Waals surface area contributed by atoms with E-state index in [9.17, 15) is 8.42 Å². The van der Waals surface area contributed by atoms with E-state index in [2.05, 4.69) is 0 Å². The number of nitriles is 1. The molecule has 0 aliphatic rings. The molecule has 0 aliphatic heterocycles. The second kappa shape index (κ2) is 7.65. The Bertz CT molecular complexity index is 854. The molecule has 24 heavy (non-hydrogen) atoms. The fraction of sp³-hybridized carbons (Fsp3) is 0.389. The molecule has 128 valence electrons. The number of hydrogen-bond acceptors (Lipinski definition) is 4. The van der Waals surface area contributed by atoms with Gasteiger partial charge in [-0.25, -0.2) is 8.42 Å². The van der Waals surface area contributed by atoms with Crippen molar-refractivity contribution >= 4 is 26.5 Å². The lowest BCUT2D eigenvalue weighted by molar-refractivity contribution is 0.418. The zero-order valence-electron chi connectivity index (χ0n) is 14.4. The average Bonchev–Trinajstić information content (AvgIpc) is 2.57. The third-order valence-corrected chi connectivity index (χ3v) is 5.86. The minimum absolute atomic E-state index is 0.187. The Balaban J connectivity index is 2.62. The van der Waals surface area contributed by atoms with E-state index in [4.69, 9.17) is 5.26 Å². The highest BCUT2D eigenvalue weighted by Crippen LogP contribution is 2.31. The van der Waals surface area contributed by atoms with Crippen molar-refractivity contribution in [3.05, 3.63) is 36.4 Å². The first-order valence-corrected chi connectivity index (χ1v) is 9.43. The first-order valence-electron chi connectivity index (χ1n) is 7.99. The summed E-state index contributed by atoms with van der Waals surface area (Å²) in [5, 5.41) is 10.4. The molecule has 6 heteroatoms. The van der Waals surface area contributed by atoms with Gasteiger partial charge in [-0.15, -0.1) is 0 Å². The van der Waals surface area contributed by atoms with Crippen molar-refractivity contribution in [2.75, 3.05) is 32.1 Å². The van der Waals surface area contributed by atoms with Gasteiger partial charge in [0.15, 0.2) is 0 Å². The van der Waals surface area contributed by atoms with E-state index >= 15 is 0 Å². The summed E-state index contributed by atoms with van der Waals surface area (Å²) in [7, 11) is 0.233. The first kappa shape index (κ1) is 18.2. The fourth-order valence-corrected chi connectivity index (χ4v) is 4.53. The minimum Gasteiger partial charge on any atom is -0.377 e. The molecule has 2 aromatic rings. The van der Waals surface area contributed by atoms with Gasteiger partial charge >= 0.3 is 0 Å². The van der Waals surface area contributed by atoms with E-state index in [0.717, 1.165) is 11.1 Å². The molecular weight excluding hydrogens is 322 g/mol. The number of benzene rings is 2. The van der Waals surface area contributed by atoms with Gasteiger partial charge in [-0.1, -0.05) is 31.2 Å². The molecule has 0 atom stereocenters. The van der Waals surface area contributed by atoms with Crippen LogP contribution < -0.4 is 4.90 Å². The molecule has 0 unspecified atom stereocenters. The van der Waals surface area contributed by atoms with Crippen LogP contribution in [0.2, 0.25) is 0 Å². The Morgan fingerprint density at radius 2 is 1.71 bits per heavy atom. The van der Waals surface area contributed by atoms with E-state index in [1.54, 1.807) is 12.1 Å². The molecule has 2 rings (SSSR count). The van der Waals surface area contributed by atoms with Crippen molar-refractivity contribution in [1.82, 2.24) is 4.31 Å². The van der Waals surface area contributed by atoms with Crippen LogP contribution in [-0.4, -0.2) is 39.9 Å². The van der Waals surface area contributed by atoms with E-state index in [0.29, 0.717) is 23.2 Å². The molecule has 0 bridgehead atoms. The van der Waals surface area contributed by atoms with Gasteiger partial charge in [0.25, 0.3) is 0 Å². The maximum atomic E-state index is 13.1. The predicted octanol–water partition coefficient (Wildman–Crippen LogP) is 3.22. The van der Waals surface area contributed by atoms with Gasteiger partial charge in [-0.3, -0.25) is 0 Å². The van der Waals surface area contributed by atoms with Crippen molar-refractivity contribution in [1.29, 1.82) is 5.26 Å². The summed E-state index contributed by atoms with van der Waals surface area (Å²) < 4.78 is 27.7. The van der Waals surface area contributed by atoms with E-state index in [1.807, 2.05) is 56.3 Å². The normalized spacial score (nSPS) is 11.6. The summed E-state index contributed by atoms with van der Waals surface area (Å²) in [6, 6.07) is 13.1. The highest BCUT2D eigenvalue weighted by molar-refractivity contribution is 7.89. The van der Waals surface area contributed by atoms with Gasteiger partial charge in [0.05, 0.1) is 11.0 Å². The lowest BCUT2D eigenvalue weighted by atomic mass is 10.1. The maximum absolute atomic E-state index is 13.1. The monoisotopic (exact) mass is 345 g/mol. The number of hydrogen-bond donors (Lipinski definition) is 0. The summed E-state index contributed by atoms with van der Waals surface area (Å²) >= 11 is 0. The number of sulfonamides is 1. The number of anilines is 1. The summed E-state index contributed by atoms with van der Waals surface area (Å²) in [4.78, 5) is 2.27. The quantitative estimate of drug-likeness (QED) is 0.773. The van der Waals surface area contributed by atoms with Crippen LogP contribution in [0.25, 0.3) is 10.8 Å². The molecular formula is C18H23N3O2S. The van der Waals surface area contributed by atoms with E-state index in [-0.39, 0.29) is 13.0 Å². The van der Waals surface area contributed by atoms with Crippen molar-refractivity contribution in [2.45, 2.75) is 24.7 Å². The molecule has 0 aliphatic carbocycles. The maximum Gasteiger partial charge on any atom is 0.243 e. The van der Waals surface area contributed by atoms with Gasteiger partial charge in [-0.2, -0.15) is 9.57 Å². The van der Waals surface area contributed by atoms with Gasteiger partial charge < -0.3 is 4.90 Å². The number of nitrogens with zero attached hydrogens (tertiary/aromatic N) is 3. The van der Waals surface area contributed by atoms with Crippen molar-refractivity contribution < 1.29 is 8.42 Å². The molecule has 0 heterocycles. The third kappa shape index (κ3) is 3.53. The Morgan fingerprint density at radius 1 is 1.04 bits per heavy atom. The van der Waals surface area contributed by atoms with Crippen LogP contribution >= 0.6 is 0 Å². The molecule has 0 N–H and O–H groups in total. The van der Waals surface area contributed by atoms with Crippen molar-refractivity contribution in [3.63, 3.8) is 0 Å². The van der Waals surface area contributed by atoms with Crippen LogP contribution in [0.1, 0.15) is 19.8 Å². The first-order chi connectivity index (χ1) is 11.4. The second-order valence-electron chi connectivity index (χ2n) is 5.84. The number of rotatable bonds is 7. The largest absolute Gasteiger partial charge is 0.377 e. The van der Waals surface area contributed by atoms with Crippen molar-refractivity contribution in [3.8, 4) is 6.07 Å². The Labute approximate surface area is 144 Å². The van der Waals surface area contributed by atoms with Crippen LogP contribution in [-0.2, 0) is 10.0 Å². The third-order valence-electron chi connectivity index (χ3n) is 3.90. The second-order valence-corrected chi connectivity index (χ2v) is 7.74. The van der Waals surface area contributed by atoms with Gasteiger partial charge in [0.1, 0.15) is 0 Å². The van der Waals surface area contributed by atoms with Crippen molar-refractivity contribution in [2.24, 2.45) is 0 Å².